The van der Waals surface area contributed by atoms with Crippen LogP contribution >= 0.6 is 45.9 Å². The van der Waals surface area contributed by atoms with E-state index < -0.39 is 10.0 Å². The first kappa shape index (κ1) is 18.1. The lowest BCUT2D eigenvalue weighted by molar-refractivity contribution is 0.414. The van der Waals surface area contributed by atoms with E-state index in [1.807, 2.05) is 23.6 Å². The van der Waals surface area contributed by atoms with Crippen molar-refractivity contribution in [3.8, 4) is 16.9 Å². The molecular weight excluding hydrogens is 433 g/mol. The van der Waals surface area contributed by atoms with E-state index in [9.17, 15) is 8.42 Å². The number of fused-ring (bicyclic) bond motifs is 3. The lowest BCUT2D eigenvalue weighted by Crippen LogP contribution is -2.12. The predicted octanol–water partition coefficient (Wildman–Crippen LogP) is 5.69. The number of hydrogen-bond acceptors (Lipinski definition) is 5. The number of nitrogens with one attached hydrogen (secondary N) is 1. The summed E-state index contributed by atoms with van der Waals surface area (Å²) < 4.78 is 33.8. The molecule has 4 rings (SSSR count). The van der Waals surface area contributed by atoms with E-state index in [0.29, 0.717) is 5.69 Å². The number of rotatable bonds is 4. The van der Waals surface area contributed by atoms with Crippen LogP contribution in [-0.4, -0.2) is 15.5 Å². The fraction of sp³-hybridized carbons (Fsp3) is 0.176. The van der Waals surface area contributed by atoms with Gasteiger partial charge in [0, 0.05) is 15.8 Å². The molecule has 0 saturated heterocycles. The van der Waals surface area contributed by atoms with Gasteiger partial charge in [0.25, 0.3) is 10.0 Å². The molecule has 0 aliphatic heterocycles. The van der Waals surface area contributed by atoms with Gasteiger partial charge in [-0.25, -0.2) is 8.42 Å². The molecule has 0 radical (unpaired) electrons. The zero-order valence-corrected chi connectivity index (χ0v) is 17.5. The van der Waals surface area contributed by atoms with E-state index in [0.717, 1.165) is 46.6 Å². The molecule has 0 fully saturated rings. The molecule has 0 bridgehead atoms. The Kier molecular flexibility index (Phi) is 4.69. The molecule has 2 aromatic heterocycles. The van der Waals surface area contributed by atoms with Gasteiger partial charge in [-0.2, -0.15) is 0 Å². The molecular formula is C17H13Cl2NO3S3. The molecule has 26 heavy (non-hydrogen) atoms. The van der Waals surface area contributed by atoms with E-state index in [-0.39, 0.29) is 13.6 Å². The third kappa shape index (κ3) is 3.12. The zero-order valence-electron chi connectivity index (χ0n) is 13.5. The molecule has 1 N–H and O–H groups in total. The molecule has 1 aliphatic carbocycles. The lowest BCUT2D eigenvalue weighted by Gasteiger charge is -2.19. The molecule has 0 amide bonds. The summed E-state index contributed by atoms with van der Waals surface area (Å²) in [4.78, 5) is 1.17. The summed E-state index contributed by atoms with van der Waals surface area (Å²) in [6.45, 7) is 0. The first-order chi connectivity index (χ1) is 12.4. The van der Waals surface area contributed by atoms with Gasteiger partial charge in [0.15, 0.2) is 0 Å². The Morgan fingerprint density at radius 3 is 2.69 bits per heavy atom. The first-order valence-electron chi connectivity index (χ1n) is 7.64. The summed E-state index contributed by atoms with van der Waals surface area (Å²) in [5, 5.41) is 2.08. The topological polar surface area (TPSA) is 55.4 Å². The molecule has 0 saturated carbocycles. The zero-order chi connectivity index (χ0) is 18.5. The second-order valence-corrected chi connectivity index (χ2v) is 10.7. The van der Waals surface area contributed by atoms with Gasteiger partial charge >= 0.3 is 0 Å². The summed E-state index contributed by atoms with van der Waals surface area (Å²) in [6, 6.07) is 7.25. The van der Waals surface area contributed by atoms with Gasteiger partial charge in [-0.3, -0.25) is 4.72 Å². The Hall–Kier alpha value is -1.25. The Labute approximate surface area is 169 Å². The van der Waals surface area contributed by atoms with Gasteiger partial charge in [-0.1, -0.05) is 29.3 Å². The fourth-order valence-corrected chi connectivity index (χ4v) is 7.01. The molecule has 4 nitrogen and oxygen atoms in total. The van der Waals surface area contributed by atoms with Crippen LogP contribution in [0.2, 0.25) is 9.36 Å². The van der Waals surface area contributed by atoms with Crippen molar-refractivity contribution in [3.05, 3.63) is 49.4 Å². The second-order valence-electron chi connectivity index (χ2n) is 5.76. The third-order valence-electron chi connectivity index (χ3n) is 4.20. The maximum absolute atomic E-state index is 12.7. The van der Waals surface area contributed by atoms with Gasteiger partial charge in [-0.15, -0.1) is 22.7 Å². The summed E-state index contributed by atoms with van der Waals surface area (Å²) >= 11 is 14.3. The maximum Gasteiger partial charge on any atom is 0.271 e. The van der Waals surface area contributed by atoms with Crippen molar-refractivity contribution in [2.45, 2.75) is 17.1 Å². The van der Waals surface area contributed by atoms with Crippen LogP contribution in [0.3, 0.4) is 0 Å². The van der Waals surface area contributed by atoms with Gasteiger partial charge in [0.1, 0.15) is 14.3 Å². The molecule has 0 unspecified atom stereocenters. The van der Waals surface area contributed by atoms with E-state index in [4.69, 9.17) is 27.9 Å². The number of hydrogen-bond donors (Lipinski definition) is 1. The average molecular weight is 446 g/mol. The third-order valence-corrected chi connectivity index (χ3v) is 8.95. The minimum absolute atomic E-state index is 0.0956. The molecule has 1 aromatic carbocycles. The van der Waals surface area contributed by atoms with Gasteiger partial charge in [-0.05, 0) is 42.2 Å². The minimum Gasteiger partial charge on any atom is -0.497 e. The average Bonchev–Trinajstić information content (AvgIpc) is 3.18. The van der Waals surface area contributed by atoms with Crippen LogP contribution in [0.5, 0.6) is 5.75 Å². The largest absolute Gasteiger partial charge is 0.497 e. The maximum atomic E-state index is 12.7. The normalized spacial score (nSPS) is 13.2. The number of anilines is 1. The molecule has 136 valence electrons. The highest BCUT2D eigenvalue weighted by Gasteiger charge is 2.26. The van der Waals surface area contributed by atoms with E-state index in [1.54, 1.807) is 18.4 Å². The summed E-state index contributed by atoms with van der Waals surface area (Å²) in [7, 11) is -2.12. The molecule has 0 spiro atoms. The monoisotopic (exact) mass is 445 g/mol. The summed E-state index contributed by atoms with van der Waals surface area (Å²) in [6.07, 6.45) is 1.78. The summed E-state index contributed by atoms with van der Waals surface area (Å²) in [5.41, 5.74) is 3.71. The van der Waals surface area contributed by atoms with Crippen LogP contribution < -0.4 is 9.46 Å². The Bertz CT molecular complexity index is 1080. The number of aryl methyl sites for hydroxylation is 2. The number of ether oxygens (including phenoxy) is 1. The van der Waals surface area contributed by atoms with Crippen molar-refractivity contribution < 1.29 is 13.2 Å². The summed E-state index contributed by atoms with van der Waals surface area (Å²) in [5.74, 6) is 0.799. The number of halogens is 2. The van der Waals surface area contributed by atoms with Crippen molar-refractivity contribution in [2.24, 2.45) is 0 Å². The van der Waals surface area contributed by atoms with Crippen molar-refractivity contribution in [3.63, 3.8) is 0 Å². The van der Waals surface area contributed by atoms with E-state index in [1.165, 1.54) is 10.9 Å². The highest BCUT2D eigenvalue weighted by molar-refractivity contribution is 7.94. The van der Waals surface area contributed by atoms with Crippen LogP contribution in [0, 0.1) is 0 Å². The highest BCUT2D eigenvalue weighted by atomic mass is 35.5. The fourth-order valence-electron chi connectivity index (χ4n) is 3.00. The van der Waals surface area contributed by atoms with Crippen molar-refractivity contribution in [2.75, 3.05) is 11.8 Å². The molecule has 1 aliphatic rings. The van der Waals surface area contributed by atoms with Gasteiger partial charge in [0.2, 0.25) is 0 Å². The smallest absolute Gasteiger partial charge is 0.271 e. The number of sulfonamides is 1. The van der Waals surface area contributed by atoms with Crippen molar-refractivity contribution in [1.82, 2.24) is 0 Å². The minimum atomic E-state index is -3.75. The van der Waals surface area contributed by atoms with Gasteiger partial charge < -0.3 is 4.74 Å². The molecule has 3 aromatic rings. The predicted molar refractivity (Wildman–Crippen MR) is 109 cm³/mol. The number of methoxy groups -OCH3 is 1. The first-order valence-corrected chi connectivity index (χ1v) is 11.6. The SMILES string of the molecule is COc1ccc2c(c1)CCc1scc(NS(=O)(=O)c3cc(Cl)c(Cl)s3)c1-2. The van der Waals surface area contributed by atoms with Crippen LogP contribution in [0.1, 0.15) is 10.4 Å². The van der Waals surface area contributed by atoms with Crippen LogP contribution in [-0.2, 0) is 22.9 Å². The Morgan fingerprint density at radius 1 is 1.19 bits per heavy atom. The van der Waals surface area contributed by atoms with Crippen LogP contribution in [0.25, 0.3) is 11.1 Å². The quantitative estimate of drug-likeness (QED) is 0.560. The van der Waals surface area contributed by atoms with Crippen LogP contribution in [0.4, 0.5) is 5.69 Å². The standard InChI is InChI=1S/C17H13Cl2NO3S3/c1-23-10-3-4-11-9(6-10)2-5-14-16(11)13(8-24-14)20-26(21,22)15-7-12(18)17(19)25-15/h3-4,6-8,20H,2,5H2,1H3. The van der Waals surface area contributed by atoms with Crippen molar-refractivity contribution in [1.29, 1.82) is 0 Å². The number of benzene rings is 1. The second kappa shape index (κ2) is 6.73. The lowest BCUT2D eigenvalue weighted by atomic mass is 9.90. The Balaban J connectivity index is 1.75. The molecule has 0 atom stereocenters. The van der Waals surface area contributed by atoms with Crippen molar-refractivity contribution >= 4 is 61.6 Å². The molecule has 9 heteroatoms. The van der Waals surface area contributed by atoms with Gasteiger partial charge in [0.05, 0.1) is 17.8 Å². The van der Waals surface area contributed by atoms with E-state index >= 15 is 0 Å². The number of thiophene rings is 2. The van der Waals surface area contributed by atoms with Crippen LogP contribution in [0.15, 0.2) is 33.9 Å². The Morgan fingerprint density at radius 2 is 2.00 bits per heavy atom. The molecule has 2 heterocycles. The van der Waals surface area contributed by atoms with E-state index in [2.05, 4.69) is 4.72 Å². The highest BCUT2D eigenvalue weighted by Crippen LogP contribution is 2.44.